The van der Waals surface area contributed by atoms with Crippen LogP contribution in [0.5, 0.6) is 0 Å². The van der Waals surface area contributed by atoms with Crippen LogP contribution in [0.25, 0.3) is 0 Å². The summed E-state index contributed by atoms with van der Waals surface area (Å²) in [5.41, 5.74) is -0.302. The quantitative estimate of drug-likeness (QED) is 0.649. The van der Waals surface area contributed by atoms with E-state index in [0.29, 0.717) is 5.56 Å². The Morgan fingerprint density at radius 3 is 2.70 bits per heavy atom. The molecule has 0 saturated heterocycles. The molecule has 1 heterocycles. The number of nitrogens with one attached hydrogen (secondary N) is 1. The summed E-state index contributed by atoms with van der Waals surface area (Å²) >= 11 is 0. The van der Waals surface area contributed by atoms with E-state index >= 15 is 0 Å². The molecule has 0 aliphatic rings. The summed E-state index contributed by atoms with van der Waals surface area (Å²) in [5, 5.41) is 4.99. The number of benzene rings is 1. The van der Waals surface area contributed by atoms with E-state index in [9.17, 15) is 23.3 Å². The molecule has 1 N–H and O–H groups in total. The van der Waals surface area contributed by atoms with Crippen LogP contribution in [0, 0.1) is 16.5 Å². The Morgan fingerprint density at radius 2 is 2.00 bits per heavy atom. The summed E-state index contributed by atoms with van der Waals surface area (Å²) in [6, 6.07) is 6.15. The molecule has 2 rings (SSSR count). The van der Waals surface area contributed by atoms with Gasteiger partial charge in [-0.2, -0.15) is 4.91 Å². The third kappa shape index (κ3) is 4.06. The SMILES string of the molecule is O=NCCNC(=O)c1cccn(Cc2ccc(F)c(F)c2)c1=O. The lowest BCUT2D eigenvalue weighted by molar-refractivity contribution is 0.0952. The summed E-state index contributed by atoms with van der Waals surface area (Å²) in [7, 11) is 0. The fraction of sp³-hybridized carbons (Fsp3) is 0.200. The van der Waals surface area contributed by atoms with Crippen molar-refractivity contribution in [2.24, 2.45) is 5.18 Å². The number of rotatable bonds is 6. The Labute approximate surface area is 129 Å². The molecule has 8 heteroatoms. The van der Waals surface area contributed by atoms with Gasteiger partial charge in [0.05, 0.1) is 13.1 Å². The highest BCUT2D eigenvalue weighted by Gasteiger charge is 2.12. The first-order chi connectivity index (χ1) is 11.0. The van der Waals surface area contributed by atoms with Gasteiger partial charge in [-0.15, -0.1) is 0 Å². The molecule has 0 spiro atoms. The Hall–Kier alpha value is -2.90. The van der Waals surface area contributed by atoms with E-state index in [0.717, 1.165) is 12.1 Å². The Bertz CT molecular complexity index is 790. The van der Waals surface area contributed by atoms with Gasteiger partial charge >= 0.3 is 0 Å². The van der Waals surface area contributed by atoms with Crippen molar-refractivity contribution in [3.63, 3.8) is 0 Å². The highest BCUT2D eigenvalue weighted by Crippen LogP contribution is 2.09. The van der Waals surface area contributed by atoms with Crippen LogP contribution in [-0.2, 0) is 6.54 Å². The molecule has 0 bridgehead atoms. The second kappa shape index (κ2) is 7.39. The maximum Gasteiger partial charge on any atom is 0.263 e. The number of nitrogens with zero attached hydrogens (tertiary/aromatic N) is 2. The van der Waals surface area contributed by atoms with Crippen LogP contribution in [0.1, 0.15) is 15.9 Å². The van der Waals surface area contributed by atoms with Gasteiger partial charge in [0, 0.05) is 12.7 Å². The van der Waals surface area contributed by atoms with E-state index in [2.05, 4.69) is 10.5 Å². The summed E-state index contributed by atoms with van der Waals surface area (Å²) < 4.78 is 27.3. The second-order valence-electron chi connectivity index (χ2n) is 4.71. The maximum absolute atomic E-state index is 13.2. The summed E-state index contributed by atoms with van der Waals surface area (Å²) in [6.07, 6.45) is 1.44. The van der Waals surface area contributed by atoms with E-state index in [4.69, 9.17) is 0 Å². The second-order valence-corrected chi connectivity index (χ2v) is 4.71. The van der Waals surface area contributed by atoms with E-state index in [1.807, 2.05) is 0 Å². The van der Waals surface area contributed by atoms with Gasteiger partial charge in [0.25, 0.3) is 11.5 Å². The highest BCUT2D eigenvalue weighted by molar-refractivity contribution is 5.93. The lowest BCUT2D eigenvalue weighted by atomic mass is 10.2. The number of hydrogen-bond acceptors (Lipinski definition) is 4. The Balaban J connectivity index is 2.22. The number of carbonyl (C=O) groups excluding carboxylic acids is 1. The van der Waals surface area contributed by atoms with Crippen molar-refractivity contribution in [2.45, 2.75) is 6.54 Å². The van der Waals surface area contributed by atoms with Crippen LogP contribution in [0.15, 0.2) is 46.5 Å². The zero-order valence-corrected chi connectivity index (χ0v) is 12.0. The molecular formula is C15H13F2N3O3. The van der Waals surface area contributed by atoms with Gasteiger partial charge in [-0.3, -0.25) is 9.59 Å². The van der Waals surface area contributed by atoms with Crippen molar-refractivity contribution in [2.75, 3.05) is 13.1 Å². The van der Waals surface area contributed by atoms with Crippen LogP contribution >= 0.6 is 0 Å². The lowest BCUT2D eigenvalue weighted by Gasteiger charge is -2.08. The molecule has 0 fully saturated rings. The molecule has 6 nitrogen and oxygen atoms in total. The molecule has 0 unspecified atom stereocenters. The first-order valence-electron chi connectivity index (χ1n) is 6.73. The number of carbonyl (C=O) groups is 1. The molecule has 120 valence electrons. The summed E-state index contributed by atoms with van der Waals surface area (Å²) in [4.78, 5) is 34.1. The molecule has 23 heavy (non-hydrogen) atoms. The van der Waals surface area contributed by atoms with E-state index < -0.39 is 23.1 Å². The molecule has 2 aromatic rings. The number of aromatic nitrogens is 1. The number of nitroso groups, excluding NO2 is 1. The summed E-state index contributed by atoms with van der Waals surface area (Å²) in [5.74, 6) is -2.61. The number of pyridine rings is 1. The van der Waals surface area contributed by atoms with Gasteiger partial charge < -0.3 is 9.88 Å². The van der Waals surface area contributed by atoms with Gasteiger partial charge in [-0.1, -0.05) is 11.2 Å². The van der Waals surface area contributed by atoms with Gasteiger partial charge in [0.2, 0.25) is 0 Å². The van der Waals surface area contributed by atoms with Crippen molar-refractivity contribution in [3.8, 4) is 0 Å². The van der Waals surface area contributed by atoms with Gasteiger partial charge in [0.15, 0.2) is 11.6 Å². The molecular weight excluding hydrogens is 308 g/mol. The van der Waals surface area contributed by atoms with Gasteiger partial charge in [-0.05, 0) is 29.8 Å². The third-order valence-corrected chi connectivity index (χ3v) is 3.09. The lowest BCUT2D eigenvalue weighted by Crippen LogP contribution is -2.34. The molecule has 0 aliphatic heterocycles. The minimum atomic E-state index is -1.01. The van der Waals surface area contributed by atoms with Crippen molar-refractivity contribution in [1.82, 2.24) is 9.88 Å². The molecule has 0 radical (unpaired) electrons. The minimum Gasteiger partial charge on any atom is -0.350 e. The van der Waals surface area contributed by atoms with Crippen LogP contribution in [0.3, 0.4) is 0 Å². The first-order valence-corrected chi connectivity index (χ1v) is 6.73. The zero-order chi connectivity index (χ0) is 16.8. The number of hydrogen-bond donors (Lipinski definition) is 1. The van der Waals surface area contributed by atoms with Crippen molar-refractivity contribution in [1.29, 1.82) is 0 Å². The number of halogens is 2. The van der Waals surface area contributed by atoms with Crippen LogP contribution in [0.4, 0.5) is 8.78 Å². The topological polar surface area (TPSA) is 80.5 Å². The first kappa shape index (κ1) is 16.5. The molecule has 1 aromatic heterocycles. The van der Waals surface area contributed by atoms with Gasteiger partial charge in [-0.25, -0.2) is 8.78 Å². The molecule has 0 aliphatic carbocycles. The Kier molecular flexibility index (Phi) is 5.29. The van der Waals surface area contributed by atoms with Crippen LogP contribution < -0.4 is 10.9 Å². The largest absolute Gasteiger partial charge is 0.350 e. The molecule has 0 atom stereocenters. The average Bonchev–Trinajstić information content (AvgIpc) is 2.53. The smallest absolute Gasteiger partial charge is 0.263 e. The van der Waals surface area contributed by atoms with Crippen LogP contribution in [-0.4, -0.2) is 23.6 Å². The Morgan fingerprint density at radius 1 is 1.22 bits per heavy atom. The van der Waals surface area contributed by atoms with Crippen molar-refractivity contribution < 1.29 is 13.6 Å². The molecule has 1 amide bonds. The molecule has 1 aromatic carbocycles. The fourth-order valence-corrected chi connectivity index (χ4v) is 1.98. The monoisotopic (exact) mass is 321 g/mol. The standard InChI is InChI=1S/C15H13F2N3O3/c16-12-4-3-10(8-13(12)17)9-20-7-1-2-11(15(20)22)14(21)18-5-6-19-23/h1-4,7-8H,5-6,9H2,(H,18,21). The number of amides is 1. The van der Waals surface area contributed by atoms with E-state index in [-0.39, 0.29) is 25.2 Å². The zero-order valence-electron chi connectivity index (χ0n) is 12.0. The summed E-state index contributed by atoms with van der Waals surface area (Å²) in [6.45, 7) is -0.0749. The van der Waals surface area contributed by atoms with E-state index in [1.165, 1.54) is 29.0 Å². The predicted octanol–water partition coefficient (Wildman–Crippen LogP) is 1.67. The minimum absolute atomic E-state index is 0.00690. The van der Waals surface area contributed by atoms with E-state index in [1.54, 1.807) is 0 Å². The maximum atomic E-state index is 13.2. The third-order valence-electron chi connectivity index (χ3n) is 3.09. The van der Waals surface area contributed by atoms with Crippen LogP contribution in [0.2, 0.25) is 0 Å². The van der Waals surface area contributed by atoms with Gasteiger partial charge in [0.1, 0.15) is 5.56 Å². The fourth-order valence-electron chi connectivity index (χ4n) is 1.98. The van der Waals surface area contributed by atoms with Crippen molar-refractivity contribution >= 4 is 5.91 Å². The molecule has 0 saturated carbocycles. The normalized spacial score (nSPS) is 10.3. The highest BCUT2D eigenvalue weighted by atomic mass is 19.2. The predicted molar refractivity (Wildman–Crippen MR) is 79.2 cm³/mol. The average molecular weight is 321 g/mol. The van der Waals surface area contributed by atoms with Crippen molar-refractivity contribution in [3.05, 3.63) is 74.6 Å².